The Labute approximate surface area is 188 Å². The highest BCUT2D eigenvalue weighted by molar-refractivity contribution is 9.10. The molecule has 0 bridgehead atoms. The molecule has 0 aliphatic carbocycles. The number of para-hydroxylation sites is 1. The number of ether oxygens (including phenoxy) is 1. The molecule has 4 rings (SSSR count). The molecule has 6 nitrogen and oxygen atoms in total. The summed E-state index contributed by atoms with van der Waals surface area (Å²) in [6.07, 6.45) is 1.38. The molecule has 2 aromatic carbocycles. The minimum atomic E-state index is -0.563. The molecule has 0 radical (unpaired) electrons. The summed E-state index contributed by atoms with van der Waals surface area (Å²) in [7, 11) is 0. The van der Waals surface area contributed by atoms with Gasteiger partial charge in [-0.15, -0.1) is 11.3 Å². The Morgan fingerprint density at radius 3 is 2.63 bits per heavy atom. The number of amides is 1. The number of nitrogens with one attached hydrogen (secondary N) is 1. The molecule has 0 atom stereocenters. The lowest BCUT2D eigenvalue weighted by molar-refractivity contribution is 0.0739. The van der Waals surface area contributed by atoms with Gasteiger partial charge in [0.2, 0.25) is 0 Å². The average molecular weight is 504 g/mol. The zero-order valence-electron chi connectivity index (χ0n) is 15.1. The van der Waals surface area contributed by atoms with Crippen LogP contribution < -0.4 is 10.2 Å². The molecule has 1 amide bonds. The number of nitrogens with zero attached hydrogens (tertiary/aromatic N) is 1. The van der Waals surface area contributed by atoms with E-state index in [1.54, 1.807) is 30.3 Å². The van der Waals surface area contributed by atoms with Gasteiger partial charge in [-0.3, -0.25) is 4.79 Å². The van der Waals surface area contributed by atoms with Crippen LogP contribution in [0.4, 0.5) is 0 Å². The van der Waals surface area contributed by atoms with E-state index >= 15 is 0 Å². The number of hydrogen-bond acceptors (Lipinski definition) is 6. The number of hydrazone groups is 1. The summed E-state index contributed by atoms with van der Waals surface area (Å²) < 4.78 is 12.0. The van der Waals surface area contributed by atoms with Gasteiger partial charge in [0.15, 0.2) is 10.4 Å². The van der Waals surface area contributed by atoms with Crippen molar-refractivity contribution in [3.8, 4) is 5.75 Å². The van der Waals surface area contributed by atoms with Crippen molar-refractivity contribution in [3.05, 3.63) is 86.6 Å². The van der Waals surface area contributed by atoms with E-state index in [-0.39, 0.29) is 11.5 Å². The molecule has 2 aromatic heterocycles. The molecule has 9 heteroatoms. The van der Waals surface area contributed by atoms with Crippen molar-refractivity contribution in [1.82, 2.24) is 5.43 Å². The van der Waals surface area contributed by atoms with Gasteiger partial charge in [-0.05, 0) is 46.3 Å². The lowest BCUT2D eigenvalue weighted by Crippen LogP contribution is -2.17. The Bertz CT molecular complexity index is 1280. The molecule has 0 unspecified atom stereocenters. The number of furan rings is 1. The summed E-state index contributed by atoms with van der Waals surface area (Å²) >= 11 is 10.8. The quantitative estimate of drug-likeness (QED) is 0.159. The van der Waals surface area contributed by atoms with Crippen molar-refractivity contribution in [2.45, 2.75) is 0 Å². The molecule has 4 aromatic rings. The lowest BCUT2D eigenvalue weighted by Gasteiger charge is -2.06. The van der Waals surface area contributed by atoms with E-state index < -0.39 is 11.9 Å². The van der Waals surface area contributed by atoms with E-state index in [2.05, 4.69) is 26.5 Å². The summed E-state index contributed by atoms with van der Waals surface area (Å²) in [6.45, 7) is 0. The van der Waals surface area contributed by atoms with Gasteiger partial charge in [0.25, 0.3) is 0 Å². The SMILES string of the molecule is O=C(N/N=C/c1ccccc1OC(=O)c1sc2ccccc2c1Cl)c1ccc(Br)o1. The van der Waals surface area contributed by atoms with E-state index in [9.17, 15) is 9.59 Å². The molecular weight excluding hydrogens is 492 g/mol. The first-order valence-corrected chi connectivity index (χ1v) is 10.6. The van der Waals surface area contributed by atoms with Gasteiger partial charge in [0, 0.05) is 15.6 Å². The second-order valence-electron chi connectivity index (χ2n) is 5.97. The normalized spacial score (nSPS) is 11.1. The first kappa shape index (κ1) is 20.3. The number of carbonyl (C=O) groups excluding carboxylic acids is 2. The number of rotatable bonds is 5. The van der Waals surface area contributed by atoms with Gasteiger partial charge in [-0.2, -0.15) is 5.10 Å². The third-order valence-electron chi connectivity index (χ3n) is 4.01. The summed E-state index contributed by atoms with van der Waals surface area (Å²) in [6, 6.07) is 17.4. The number of thiophene rings is 1. The molecule has 30 heavy (non-hydrogen) atoms. The van der Waals surface area contributed by atoms with Gasteiger partial charge < -0.3 is 9.15 Å². The molecule has 1 N–H and O–H groups in total. The van der Waals surface area contributed by atoms with E-state index in [4.69, 9.17) is 20.8 Å². The van der Waals surface area contributed by atoms with Gasteiger partial charge in [-0.25, -0.2) is 10.2 Å². The van der Waals surface area contributed by atoms with Crippen molar-refractivity contribution < 1.29 is 18.7 Å². The van der Waals surface area contributed by atoms with E-state index in [0.29, 0.717) is 20.1 Å². The van der Waals surface area contributed by atoms with E-state index in [1.165, 1.54) is 23.6 Å². The second-order valence-corrected chi connectivity index (χ2v) is 8.18. The zero-order valence-corrected chi connectivity index (χ0v) is 18.3. The average Bonchev–Trinajstić information content (AvgIpc) is 3.33. The van der Waals surface area contributed by atoms with E-state index in [1.807, 2.05) is 24.3 Å². The van der Waals surface area contributed by atoms with Crippen molar-refractivity contribution in [1.29, 1.82) is 0 Å². The minimum Gasteiger partial charge on any atom is -0.444 e. The highest BCUT2D eigenvalue weighted by Crippen LogP contribution is 2.36. The Morgan fingerprint density at radius 2 is 1.87 bits per heavy atom. The number of hydrogen-bond donors (Lipinski definition) is 1. The Morgan fingerprint density at radius 1 is 1.10 bits per heavy atom. The topological polar surface area (TPSA) is 80.9 Å². The first-order chi connectivity index (χ1) is 14.5. The molecule has 0 spiro atoms. The minimum absolute atomic E-state index is 0.109. The zero-order chi connectivity index (χ0) is 21.1. The highest BCUT2D eigenvalue weighted by atomic mass is 79.9. The molecule has 0 aliphatic heterocycles. The standard InChI is InChI=1S/C21H12BrClN2O4S/c22-17-10-9-15(28-17)20(26)25-24-11-12-5-1-3-7-14(12)29-21(27)19-18(23)13-6-2-4-8-16(13)30-19/h1-11H,(H,25,26)/b24-11+. The first-order valence-electron chi connectivity index (χ1n) is 8.60. The molecular formula is C21H12BrClN2O4S. The van der Waals surface area contributed by atoms with Crippen molar-refractivity contribution in [2.24, 2.45) is 5.10 Å². The van der Waals surface area contributed by atoms with Crippen LogP contribution in [0.5, 0.6) is 5.75 Å². The van der Waals surface area contributed by atoms with Crippen LogP contribution in [0.1, 0.15) is 25.8 Å². The molecule has 2 heterocycles. The van der Waals surface area contributed by atoms with Gasteiger partial charge in [-0.1, -0.05) is 41.9 Å². The maximum absolute atomic E-state index is 12.7. The van der Waals surface area contributed by atoms with E-state index in [0.717, 1.165) is 10.1 Å². The number of fused-ring (bicyclic) bond motifs is 1. The van der Waals surface area contributed by atoms with Crippen LogP contribution in [0, 0.1) is 0 Å². The molecule has 0 saturated carbocycles. The van der Waals surface area contributed by atoms with Crippen molar-refractivity contribution in [3.63, 3.8) is 0 Å². The molecule has 150 valence electrons. The predicted octanol–water partition coefficient (Wildman–Crippen LogP) is 5.89. The van der Waals surface area contributed by atoms with Crippen LogP contribution in [-0.4, -0.2) is 18.1 Å². The number of halogens is 2. The fourth-order valence-corrected chi connectivity index (χ4v) is 4.31. The Hall–Kier alpha value is -2.94. The van der Waals surface area contributed by atoms with Gasteiger partial charge in [0.1, 0.15) is 10.6 Å². The Kier molecular flexibility index (Phi) is 5.98. The fourth-order valence-electron chi connectivity index (χ4n) is 2.62. The van der Waals surface area contributed by atoms with Crippen molar-refractivity contribution >= 4 is 67.0 Å². The molecule has 0 aliphatic rings. The number of carbonyl (C=O) groups is 2. The van der Waals surface area contributed by atoms with Crippen molar-refractivity contribution in [2.75, 3.05) is 0 Å². The van der Waals surface area contributed by atoms with Crippen LogP contribution in [-0.2, 0) is 0 Å². The van der Waals surface area contributed by atoms with Crippen LogP contribution in [0.25, 0.3) is 10.1 Å². The summed E-state index contributed by atoms with van der Waals surface area (Å²) in [4.78, 5) is 25.0. The number of benzene rings is 2. The third-order valence-corrected chi connectivity index (χ3v) is 6.09. The summed E-state index contributed by atoms with van der Waals surface area (Å²) in [5.41, 5.74) is 2.86. The monoisotopic (exact) mass is 502 g/mol. The van der Waals surface area contributed by atoms with Crippen LogP contribution in [0.3, 0.4) is 0 Å². The summed E-state index contributed by atoms with van der Waals surface area (Å²) in [5, 5.41) is 5.07. The summed E-state index contributed by atoms with van der Waals surface area (Å²) in [5.74, 6) is -0.678. The smallest absolute Gasteiger partial charge is 0.355 e. The van der Waals surface area contributed by atoms with Crippen LogP contribution in [0.15, 0.2) is 74.9 Å². The maximum atomic E-state index is 12.7. The predicted molar refractivity (Wildman–Crippen MR) is 120 cm³/mol. The van der Waals surface area contributed by atoms with Crippen LogP contribution in [0.2, 0.25) is 5.02 Å². The third kappa shape index (κ3) is 4.30. The Balaban J connectivity index is 1.50. The second kappa shape index (κ2) is 8.83. The maximum Gasteiger partial charge on any atom is 0.355 e. The van der Waals surface area contributed by atoms with Gasteiger partial charge in [0.05, 0.1) is 11.2 Å². The number of esters is 1. The largest absolute Gasteiger partial charge is 0.444 e. The lowest BCUT2D eigenvalue weighted by atomic mass is 10.2. The van der Waals surface area contributed by atoms with Gasteiger partial charge >= 0.3 is 11.9 Å². The molecule has 0 saturated heterocycles. The van der Waals surface area contributed by atoms with Crippen LogP contribution >= 0.6 is 38.9 Å². The highest BCUT2D eigenvalue weighted by Gasteiger charge is 2.19. The molecule has 0 fully saturated rings. The fraction of sp³-hybridized carbons (Fsp3) is 0.